The Morgan fingerprint density at radius 3 is 2.62 bits per heavy atom. The van der Waals surface area contributed by atoms with Gasteiger partial charge in [-0.3, -0.25) is 0 Å². The number of thioether (sulfide) groups is 1. The third kappa shape index (κ3) is 6.09. The Balaban J connectivity index is 2.80. The minimum atomic E-state index is 1.16. The molecule has 0 heterocycles. The average Bonchev–Trinajstić information content (AvgIpc) is 1.81. The van der Waals surface area contributed by atoms with Gasteiger partial charge in [0.15, 0.2) is 0 Å². The van der Waals surface area contributed by atoms with E-state index in [4.69, 9.17) is 0 Å². The van der Waals surface area contributed by atoms with E-state index in [9.17, 15) is 0 Å². The molecule has 0 amide bonds. The molecule has 0 radical (unpaired) electrons. The van der Waals surface area contributed by atoms with E-state index in [1.807, 2.05) is 11.8 Å². The zero-order valence-corrected chi connectivity index (χ0v) is 6.50. The van der Waals surface area contributed by atoms with Crippen molar-refractivity contribution in [3.8, 4) is 0 Å². The third-order valence-corrected chi connectivity index (χ3v) is 1.78. The summed E-state index contributed by atoms with van der Waals surface area (Å²) in [5.74, 6) is 1.26. The van der Waals surface area contributed by atoms with E-state index in [2.05, 4.69) is 25.3 Å². The molecule has 8 heavy (non-hydrogen) atoms. The Labute approximate surface area is 56.4 Å². The molecule has 0 saturated heterocycles. The summed E-state index contributed by atoms with van der Waals surface area (Å²) in [5, 5.41) is 2.18. The summed E-state index contributed by atoms with van der Waals surface area (Å²) < 4.78 is 0. The van der Waals surface area contributed by atoms with Gasteiger partial charge in [0.25, 0.3) is 0 Å². The standard InChI is InChI=1S/C7H14S/c1-3-5-7-8-6-4-2/h5,7H,3-4,6H2,1-2H3/b7-5-. The molecule has 0 saturated carbocycles. The number of allylic oxidation sites excluding steroid dienone is 1. The summed E-state index contributed by atoms with van der Waals surface area (Å²) in [4.78, 5) is 0. The van der Waals surface area contributed by atoms with Gasteiger partial charge < -0.3 is 0 Å². The second kappa shape index (κ2) is 7.09. The lowest BCUT2D eigenvalue weighted by atomic mass is 10.5. The predicted molar refractivity (Wildman–Crippen MR) is 42.2 cm³/mol. The molecule has 0 aliphatic carbocycles. The number of rotatable bonds is 4. The molecule has 0 aromatic carbocycles. The predicted octanol–water partition coefficient (Wildman–Crippen LogP) is 3.05. The summed E-state index contributed by atoms with van der Waals surface area (Å²) >= 11 is 1.90. The van der Waals surface area contributed by atoms with Crippen molar-refractivity contribution in [2.45, 2.75) is 26.7 Å². The van der Waals surface area contributed by atoms with Crippen molar-refractivity contribution in [3.05, 3.63) is 11.5 Å². The lowest BCUT2D eigenvalue weighted by Gasteiger charge is -1.85. The van der Waals surface area contributed by atoms with Crippen LogP contribution < -0.4 is 0 Å². The van der Waals surface area contributed by atoms with Crippen LogP contribution in [0.4, 0.5) is 0 Å². The molecule has 0 atom stereocenters. The van der Waals surface area contributed by atoms with Gasteiger partial charge in [-0.05, 0) is 24.0 Å². The highest BCUT2D eigenvalue weighted by molar-refractivity contribution is 8.02. The van der Waals surface area contributed by atoms with Crippen LogP contribution in [-0.2, 0) is 0 Å². The second-order valence-electron chi connectivity index (χ2n) is 1.65. The maximum atomic E-state index is 2.20. The topological polar surface area (TPSA) is 0 Å². The van der Waals surface area contributed by atoms with Gasteiger partial charge in [0, 0.05) is 0 Å². The smallest absolute Gasteiger partial charge is 0.00287 e. The van der Waals surface area contributed by atoms with E-state index in [0.29, 0.717) is 0 Å². The summed E-state index contributed by atoms with van der Waals surface area (Å²) in [7, 11) is 0. The zero-order chi connectivity index (χ0) is 6.24. The highest BCUT2D eigenvalue weighted by Gasteiger charge is 1.74. The molecule has 0 N–H and O–H groups in total. The number of hydrogen-bond acceptors (Lipinski definition) is 1. The van der Waals surface area contributed by atoms with Crippen LogP contribution in [0.25, 0.3) is 0 Å². The first-order valence-corrected chi connectivity index (χ1v) is 4.23. The van der Waals surface area contributed by atoms with Crippen molar-refractivity contribution in [2.75, 3.05) is 5.75 Å². The van der Waals surface area contributed by atoms with Crippen LogP contribution >= 0.6 is 11.8 Å². The molecule has 0 aromatic heterocycles. The fourth-order valence-electron chi connectivity index (χ4n) is 0.350. The van der Waals surface area contributed by atoms with Crippen molar-refractivity contribution in [1.29, 1.82) is 0 Å². The summed E-state index contributed by atoms with van der Waals surface area (Å²) in [6.07, 6.45) is 4.63. The van der Waals surface area contributed by atoms with Crippen LogP contribution in [0.2, 0.25) is 0 Å². The fourth-order valence-corrected chi connectivity index (χ4v) is 1.05. The maximum Gasteiger partial charge on any atom is -0.00287 e. The summed E-state index contributed by atoms with van der Waals surface area (Å²) in [6, 6.07) is 0. The van der Waals surface area contributed by atoms with Crippen molar-refractivity contribution >= 4 is 11.8 Å². The van der Waals surface area contributed by atoms with Crippen LogP contribution in [0.5, 0.6) is 0 Å². The van der Waals surface area contributed by atoms with Gasteiger partial charge in [-0.1, -0.05) is 19.9 Å². The van der Waals surface area contributed by atoms with Crippen LogP contribution in [0.3, 0.4) is 0 Å². The van der Waals surface area contributed by atoms with Gasteiger partial charge in [0.2, 0.25) is 0 Å². The molecule has 0 aromatic rings. The molecule has 0 bridgehead atoms. The fraction of sp³-hybridized carbons (Fsp3) is 0.714. The monoisotopic (exact) mass is 130 g/mol. The van der Waals surface area contributed by atoms with Gasteiger partial charge in [-0.15, -0.1) is 11.8 Å². The first-order valence-electron chi connectivity index (χ1n) is 3.18. The van der Waals surface area contributed by atoms with Gasteiger partial charge in [-0.2, -0.15) is 0 Å². The Morgan fingerprint density at radius 2 is 2.12 bits per heavy atom. The second-order valence-corrected chi connectivity index (χ2v) is 2.66. The lowest BCUT2D eigenvalue weighted by molar-refractivity contribution is 1.11. The number of hydrogen-bond donors (Lipinski definition) is 0. The highest BCUT2D eigenvalue weighted by Crippen LogP contribution is 2.03. The van der Waals surface area contributed by atoms with Gasteiger partial charge in [-0.25, -0.2) is 0 Å². The molecule has 0 fully saturated rings. The normalized spacial score (nSPS) is 10.8. The molecular weight excluding hydrogens is 116 g/mol. The molecule has 0 nitrogen and oxygen atoms in total. The molecular formula is C7H14S. The molecule has 0 spiro atoms. The molecule has 0 rings (SSSR count). The Kier molecular flexibility index (Phi) is 7.17. The first kappa shape index (κ1) is 8.09. The Bertz CT molecular complexity index is 57.4. The largest absolute Gasteiger partial charge is 0.134 e. The van der Waals surface area contributed by atoms with E-state index in [1.165, 1.54) is 12.2 Å². The molecule has 0 unspecified atom stereocenters. The van der Waals surface area contributed by atoms with E-state index in [1.54, 1.807) is 0 Å². The molecule has 1 heteroatoms. The van der Waals surface area contributed by atoms with Crippen molar-refractivity contribution < 1.29 is 0 Å². The maximum absolute atomic E-state index is 2.20. The van der Waals surface area contributed by atoms with Crippen molar-refractivity contribution in [3.63, 3.8) is 0 Å². The summed E-state index contributed by atoms with van der Waals surface area (Å²) in [5.41, 5.74) is 0. The van der Waals surface area contributed by atoms with Crippen LogP contribution in [0.1, 0.15) is 26.7 Å². The van der Waals surface area contributed by atoms with Crippen molar-refractivity contribution in [1.82, 2.24) is 0 Å². The van der Waals surface area contributed by atoms with E-state index in [-0.39, 0.29) is 0 Å². The SMILES string of the molecule is CC/C=C\SCCC. The minimum Gasteiger partial charge on any atom is -0.134 e. The van der Waals surface area contributed by atoms with E-state index < -0.39 is 0 Å². The summed E-state index contributed by atoms with van der Waals surface area (Å²) in [6.45, 7) is 4.36. The Morgan fingerprint density at radius 1 is 1.38 bits per heavy atom. The van der Waals surface area contributed by atoms with E-state index >= 15 is 0 Å². The van der Waals surface area contributed by atoms with Crippen molar-refractivity contribution in [2.24, 2.45) is 0 Å². The van der Waals surface area contributed by atoms with Crippen LogP contribution in [0.15, 0.2) is 11.5 Å². The lowest BCUT2D eigenvalue weighted by Crippen LogP contribution is -1.65. The average molecular weight is 130 g/mol. The zero-order valence-electron chi connectivity index (χ0n) is 5.68. The van der Waals surface area contributed by atoms with Gasteiger partial charge in [0.05, 0.1) is 0 Å². The van der Waals surface area contributed by atoms with Gasteiger partial charge >= 0.3 is 0 Å². The van der Waals surface area contributed by atoms with Crippen LogP contribution in [-0.4, -0.2) is 5.75 Å². The molecule has 48 valence electrons. The van der Waals surface area contributed by atoms with Gasteiger partial charge in [0.1, 0.15) is 0 Å². The quantitative estimate of drug-likeness (QED) is 0.527. The Hall–Kier alpha value is 0.0900. The highest BCUT2D eigenvalue weighted by atomic mass is 32.2. The first-order chi connectivity index (χ1) is 3.91. The molecule has 0 aliphatic rings. The minimum absolute atomic E-state index is 1.16. The van der Waals surface area contributed by atoms with Crippen LogP contribution in [0, 0.1) is 0 Å². The third-order valence-electron chi connectivity index (χ3n) is 0.750. The molecule has 0 aliphatic heterocycles. The van der Waals surface area contributed by atoms with E-state index in [0.717, 1.165) is 6.42 Å².